The van der Waals surface area contributed by atoms with Crippen molar-refractivity contribution < 1.29 is 14.2 Å². The molecular weight excluding hydrogens is 457 g/mol. The van der Waals surface area contributed by atoms with Crippen LogP contribution in [0.5, 0.6) is 0 Å². The second-order valence-electron chi connectivity index (χ2n) is 8.40. The maximum Gasteiger partial charge on any atom is 0.193 e. The van der Waals surface area contributed by atoms with E-state index < -0.39 is 0 Å². The third-order valence-corrected chi connectivity index (χ3v) is 7.12. The highest BCUT2D eigenvalue weighted by Gasteiger charge is 2.66. The number of halogens is 1. The van der Waals surface area contributed by atoms with Crippen molar-refractivity contribution in [2.45, 2.75) is 63.2 Å². The highest BCUT2D eigenvalue weighted by atomic mass is 127. The molecule has 0 aromatic rings. The van der Waals surface area contributed by atoms with Crippen LogP contribution in [0.1, 0.15) is 44.9 Å². The van der Waals surface area contributed by atoms with Gasteiger partial charge in [-0.05, 0) is 38.5 Å². The first-order chi connectivity index (χ1) is 12.8. The molecule has 2 saturated heterocycles. The van der Waals surface area contributed by atoms with Crippen molar-refractivity contribution in [2.75, 3.05) is 47.1 Å². The normalized spacial score (nSPS) is 32.4. The third kappa shape index (κ3) is 4.12. The van der Waals surface area contributed by atoms with Crippen LogP contribution in [0.4, 0.5) is 0 Å². The van der Waals surface area contributed by atoms with E-state index in [1.165, 1.54) is 25.7 Å². The van der Waals surface area contributed by atoms with E-state index in [1.54, 1.807) is 7.11 Å². The van der Waals surface area contributed by atoms with Gasteiger partial charge in [-0.1, -0.05) is 6.42 Å². The first-order valence-electron chi connectivity index (χ1n) is 10.5. The lowest BCUT2D eigenvalue weighted by atomic mass is 9.46. The van der Waals surface area contributed by atoms with E-state index in [9.17, 15) is 0 Å². The van der Waals surface area contributed by atoms with Crippen LogP contribution in [0.15, 0.2) is 4.99 Å². The molecule has 2 heterocycles. The lowest BCUT2D eigenvalue weighted by Gasteiger charge is -2.63. The summed E-state index contributed by atoms with van der Waals surface area (Å²) >= 11 is 0. The summed E-state index contributed by atoms with van der Waals surface area (Å²) in [7, 11) is 3.66. The predicted molar refractivity (Wildman–Crippen MR) is 117 cm³/mol. The Kier molecular flexibility index (Phi) is 7.66. The number of guanidine groups is 1. The van der Waals surface area contributed by atoms with Crippen LogP contribution in [-0.2, 0) is 14.2 Å². The number of methoxy groups -OCH3 is 1. The van der Waals surface area contributed by atoms with Gasteiger partial charge < -0.3 is 24.4 Å². The average Bonchev–Trinajstić information content (AvgIpc) is 3.04. The van der Waals surface area contributed by atoms with Crippen LogP contribution in [0.2, 0.25) is 0 Å². The summed E-state index contributed by atoms with van der Waals surface area (Å²) in [5.41, 5.74) is 0.403. The maximum absolute atomic E-state index is 6.05. The van der Waals surface area contributed by atoms with Crippen LogP contribution in [0.3, 0.4) is 0 Å². The molecule has 3 unspecified atom stereocenters. The molecule has 4 fully saturated rings. The number of aliphatic imine (C=N–C) groups is 1. The molecule has 6 nitrogen and oxygen atoms in total. The number of hydrogen-bond acceptors (Lipinski definition) is 4. The second kappa shape index (κ2) is 9.59. The molecule has 4 aliphatic rings. The van der Waals surface area contributed by atoms with Crippen molar-refractivity contribution in [3.8, 4) is 0 Å². The van der Waals surface area contributed by atoms with E-state index in [0.717, 1.165) is 58.1 Å². The topological polar surface area (TPSA) is 55.3 Å². The number of nitrogens with one attached hydrogen (secondary N) is 1. The van der Waals surface area contributed by atoms with Crippen LogP contribution in [0.25, 0.3) is 0 Å². The van der Waals surface area contributed by atoms with Crippen LogP contribution >= 0.6 is 24.0 Å². The Bertz CT molecular complexity index is 507. The highest BCUT2D eigenvalue weighted by molar-refractivity contribution is 14.0. The van der Waals surface area contributed by atoms with E-state index in [4.69, 9.17) is 14.2 Å². The molecule has 2 saturated carbocycles. The fourth-order valence-corrected chi connectivity index (χ4v) is 5.58. The molecule has 2 aliphatic carbocycles. The lowest BCUT2D eigenvalue weighted by molar-refractivity contribution is -0.171. The van der Waals surface area contributed by atoms with E-state index in [1.807, 2.05) is 7.05 Å². The predicted octanol–water partition coefficient (Wildman–Crippen LogP) is 2.65. The van der Waals surface area contributed by atoms with Gasteiger partial charge in [0.15, 0.2) is 5.96 Å². The number of rotatable bonds is 6. The first kappa shape index (κ1) is 21.6. The number of likely N-dealkylation sites (tertiary alicyclic amines) is 1. The van der Waals surface area contributed by atoms with E-state index in [0.29, 0.717) is 29.6 Å². The van der Waals surface area contributed by atoms with Gasteiger partial charge in [-0.15, -0.1) is 24.0 Å². The molecule has 3 atom stereocenters. The van der Waals surface area contributed by atoms with Gasteiger partial charge in [-0.25, -0.2) is 0 Å². The minimum absolute atomic E-state index is 0. The molecule has 27 heavy (non-hydrogen) atoms. The maximum atomic E-state index is 6.05. The minimum atomic E-state index is 0. The summed E-state index contributed by atoms with van der Waals surface area (Å²) in [6.45, 7) is 4.58. The SMILES string of the molecule is CN=C(NC1C2CCOC2C12CCC2)N1CCC(OCCCOC)CC1.I. The zero-order valence-corrected chi connectivity index (χ0v) is 19.2. The molecule has 1 spiro atoms. The fourth-order valence-electron chi connectivity index (χ4n) is 5.58. The van der Waals surface area contributed by atoms with Gasteiger partial charge >= 0.3 is 0 Å². The molecule has 156 valence electrons. The summed E-state index contributed by atoms with van der Waals surface area (Å²) in [6, 6.07) is 0.561. The molecule has 1 N–H and O–H groups in total. The Morgan fingerprint density at radius 1 is 1.22 bits per heavy atom. The highest BCUT2D eigenvalue weighted by Crippen LogP contribution is 2.62. The molecule has 0 aromatic carbocycles. The van der Waals surface area contributed by atoms with Crippen LogP contribution < -0.4 is 5.32 Å². The Balaban J connectivity index is 0.00000210. The number of hydrogen-bond donors (Lipinski definition) is 1. The Morgan fingerprint density at radius 2 is 2.00 bits per heavy atom. The number of piperidine rings is 1. The number of fused-ring (bicyclic) bond motifs is 2. The monoisotopic (exact) mass is 493 g/mol. The number of nitrogens with zero attached hydrogens (tertiary/aromatic N) is 2. The zero-order chi connectivity index (χ0) is 18.0. The van der Waals surface area contributed by atoms with E-state index in [2.05, 4.69) is 15.2 Å². The second-order valence-corrected chi connectivity index (χ2v) is 8.40. The van der Waals surface area contributed by atoms with Crippen molar-refractivity contribution in [3.05, 3.63) is 0 Å². The third-order valence-electron chi connectivity index (χ3n) is 7.12. The largest absolute Gasteiger partial charge is 0.385 e. The molecule has 0 radical (unpaired) electrons. The van der Waals surface area contributed by atoms with Crippen molar-refractivity contribution >= 4 is 29.9 Å². The van der Waals surface area contributed by atoms with Gasteiger partial charge in [-0.3, -0.25) is 4.99 Å². The molecular formula is C20H36IN3O3. The molecule has 0 bridgehead atoms. The summed E-state index contributed by atoms with van der Waals surface area (Å²) in [5.74, 6) is 1.78. The summed E-state index contributed by atoms with van der Waals surface area (Å²) < 4.78 is 17.1. The van der Waals surface area contributed by atoms with Gasteiger partial charge in [0.25, 0.3) is 0 Å². The average molecular weight is 493 g/mol. The van der Waals surface area contributed by atoms with Gasteiger partial charge in [0, 0.05) is 64.4 Å². The molecule has 2 aliphatic heterocycles. The van der Waals surface area contributed by atoms with Gasteiger partial charge in [-0.2, -0.15) is 0 Å². The zero-order valence-electron chi connectivity index (χ0n) is 16.8. The van der Waals surface area contributed by atoms with Gasteiger partial charge in [0.2, 0.25) is 0 Å². The standard InChI is InChI=1S/C20H35N3O3.HI/c1-21-19(23-10-5-15(6-11-23)25-13-4-12-24-2)22-17-16-7-14-26-18(16)20(17)8-3-9-20;/h15-18H,3-14H2,1-2H3,(H,21,22);1H. The lowest BCUT2D eigenvalue weighted by Crippen LogP contribution is -2.72. The minimum Gasteiger partial charge on any atom is -0.385 e. The van der Waals surface area contributed by atoms with Crippen molar-refractivity contribution in [3.63, 3.8) is 0 Å². The Hall–Kier alpha value is -0.120. The first-order valence-corrected chi connectivity index (χ1v) is 10.5. The van der Waals surface area contributed by atoms with Crippen molar-refractivity contribution in [1.29, 1.82) is 0 Å². The molecule has 0 amide bonds. The van der Waals surface area contributed by atoms with Crippen LogP contribution in [-0.4, -0.2) is 76.2 Å². The summed E-state index contributed by atoms with van der Waals surface area (Å²) in [6.07, 6.45) is 9.24. The number of ether oxygens (including phenoxy) is 3. The van der Waals surface area contributed by atoms with E-state index >= 15 is 0 Å². The molecule has 0 aromatic heterocycles. The summed E-state index contributed by atoms with van der Waals surface area (Å²) in [5, 5.41) is 3.85. The van der Waals surface area contributed by atoms with Crippen molar-refractivity contribution in [1.82, 2.24) is 10.2 Å². The Morgan fingerprint density at radius 3 is 2.63 bits per heavy atom. The van der Waals surface area contributed by atoms with E-state index in [-0.39, 0.29) is 24.0 Å². The quantitative estimate of drug-likeness (QED) is 0.267. The molecule has 7 heteroatoms. The Labute approximate surface area is 180 Å². The smallest absolute Gasteiger partial charge is 0.193 e. The van der Waals surface area contributed by atoms with Gasteiger partial charge in [0.05, 0.1) is 12.2 Å². The van der Waals surface area contributed by atoms with Gasteiger partial charge in [0.1, 0.15) is 0 Å². The van der Waals surface area contributed by atoms with Crippen molar-refractivity contribution in [2.24, 2.45) is 16.3 Å². The van der Waals surface area contributed by atoms with Crippen LogP contribution in [0, 0.1) is 11.3 Å². The summed E-state index contributed by atoms with van der Waals surface area (Å²) in [4.78, 5) is 7.04. The fraction of sp³-hybridized carbons (Fsp3) is 0.950. The molecule has 4 rings (SSSR count).